The van der Waals surface area contributed by atoms with Crippen molar-refractivity contribution in [2.45, 2.75) is 26.7 Å². The van der Waals surface area contributed by atoms with E-state index in [0.717, 1.165) is 11.1 Å². The van der Waals surface area contributed by atoms with Crippen molar-refractivity contribution in [1.29, 1.82) is 0 Å². The summed E-state index contributed by atoms with van der Waals surface area (Å²) in [7, 11) is 0. The van der Waals surface area contributed by atoms with Crippen LogP contribution in [0, 0.1) is 5.82 Å². The molecule has 0 amide bonds. The van der Waals surface area contributed by atoms with Crippen LogP contribution in [0.4, 0.5) is 10.1 Å². The number of allylic oxidation sites excluding steroid dienone is 3. The molecule has 2 heteroatoms. The minimum atomic E-state index is -0.341. The maximum atomic E-state index is 13.5. The zero-order valence-corrected chi connectivity index (χ0v) is 10.00. The summed E-state index contributed by atoms with van der Waals surface area (Å²) >= 11 is 0. The molecule has 0 spiro atoms. The van der Waals surface area contributed by atoms with Crippen molar-refractivity contribution in [3.63, 3.8) is 0 Å². The summed E-state index contributed by atoms with van der Waals surface area (Å²) in [4.78, 5) is 0. The van der Waals surface area contributed by atoms with Crippen molar-refractivity contribution in [2.24, 2.45) is 0 Å². The largest absolute Gasteiger partial charge is 0.396 e. The van der Waals surface area contributed by atoms with Crippen LogP contribution in [0.2, 0.25) is 0 Å². The highest BCUT2D eigenvalue weighted by Gasteiger charge is 2.07. The molecule has 0 saturated heterocycles. The van der Waals surface area contributed by atoms with Crippen LogP contribution in [-0.4, -0.2) is 0 Å². The van der Waals surface area contributed by atoms with Crippen LogP contribution in [0.1, 0.15) is 37.8 Å². The number of rotatable bonds is 3. The average Bonchev–Trinajstić information content (AvgIpc) is 2.24. The van der Waals surface area contributed by atoms with E-state index in [0.29, 0.717) is 5.92 Å². The van der Waals surface area contributed by atoms with Gasteiger partial charge in [0, 0.05) is 5.56 Å². The summed E-state index contributed by atoms with van der Waals surface area (Å²) in [5.41, 5.74) is 7.60. The first-order valence-electron chi connectivity index (χ1n) is 5.44. The Morgan fingerprint density at radius 1 is 1.25 bits per heavy atom. The summed E-state index contributed by atoms with van der Waals surface area (Å²) < 4.78 is 13.5. The molecule has 0 fully saturated rings. The molecule has 0 aliphatic heterocycles. The van der Waals surface area contributed by atoms with Gasteiger partial charge in [-0.05, 0) is 30.5 Å². The van der Waals surface area contributed by atoms with E-state index >= 15 is 0 Å². The van der Waals surface area contributed by atoms with E-state index < -0.39 is 0 Å². The molecule has 0 bridgehead atoms. The molecule has 0 heterocycles. The zero-order chi connectivity index (χ0) is 12.1. The van der Waals surface area contributed by atoms with Crippen LogP contribution in [-0.2, 0) is 0 Å². The number of benzene rings is 1. The SMILES string of the molecule is C/C=C\C=C/c1cc(C(C)C)cc(F)c1N. The second kappa shape index (κ2) is 5.50. The minimum absolute atomic E-state index is 0.213. The molecule has 16 heavy (non-hydrogen) atoms. The molecule has 0 unspecified atom stereocenters. The number of halogens is 1. The Balaban J connectivity index is 3.16. The summed E-state index contributed by atoms with van der Waals surface area (Å²) in [6.07, 6.45) is 7.48. The Labute approximate surface area is 96.5 Å². The summed E-state index contributed by atoms with van der Waals surface area (Å²) in [5, 5.41) is 0. The third-order valence-electron chi connectivity index (χ3n) is 2.43. The lowest BCUT2D eigenvalue weighted by molar-refractivity contribution is 0.627. The maximum Gasteiger partial charge on any atom is 0.146 e. The van der Waals surface area contributed by atoms with E-state index in [2.05, 4.69) is 0 Å². The summed E-state index contributed by atoms with van der Waals surface area (Å²) in [6, 6.07) is 3.44. The highest BCUT2D eigenvalue weighted by molar-refractivity contribution is 5.66. The lowest BCUT2D eigenvalue weighted by atomic mass is 9.99. The Kier molecular flexibility index (Phi) is 4.29. The van der Waals surface area contributed by atoms with Gasteiger partial charge in [0.1, 0.15) is 5.82 Å². The van der Waals surface area contributed by atoms with Gasteiger partial charge in [-0.2, -0.15) is 0 Å². The average molecular weight is 219 g/mol. The third kappa shape index (κ3) is 2.96. The fraction of sp³-hybridized carbons (Fsp3) is 0.286. The van der Waals surface area contributed by atoms with Crippen molar-refractivity contribution in [3.8, 4) is 0 Å². The van der Waals surface area contributed by atoms with Gasteiger partial charge in [0.15, 0.2) is 0 Å². The van der Waals surface area contributed by atoms with Crippen LogP contribution in [0.5, 0.6) is 0 Å². The molecule has 0 aromatic heterocycles. The molecule has 1 rings (SSSR count). The second-order valence-corrected chi connectivity index (χ2v) is 4.05. The van der Waals surface area contributed by atoms with Gasteiger partial charge in [-0.25, -0.2) is 4.39 Å². The molecule has 1 aromatic rings. The van der Waals surface area contributed by atoms with Crippen LogP contribution >= 0.6 is 0 Å². The molecule has 0 atom stereocenters. The number of hydrogen-bond acceptors (Lipinski definition) is 1. The highest BCUT2D eigenvalue weighted by atomic mass is 19.1. The maximum absolute atomic E-state index is 13.5. The lowest BCUT2D eigenvalue weighted by Gasteiger charge is -2.09. The van der Waals surface area contributed by atoms with Gasteiger partial charge in [0.05, 0.1) is 5.69 Å². The van der Waals surface area contributed by atoms with Crippen molar-refractivity contribution >= 4 is 11.8 Å². The van der Waals surface area contributed by atoms with Crippen molar-refractivity contribution in [3.05, 3.63) is 47.3 Å². The quantitative estimate of drug-likeness (QED) is 0.600. The van der Waals surface area contributed by atoms with E-state index in [1.54, 1.807) is 0 Å². The van der Waals surface area contributed by atoms with Gasteiger partial charge in [0.2, 0.25) is 0 Å². The second-order valence-electron chi connectivity index (χ2n) is 4.05. The van der Waals surface area contributed by atoms with Crippen LogP contribution < -0.4 is 5.73 Å². The molecule has 1 nitrogen and oxygen atoms in total. The molecule has 86 valence electrons. The fourth-order valence-electron chi connectivity index (χ4n) is 1.40. The minimum Gasteiger partial charge on any atom is -0.396 e. The Bertz CT molecular complexity index is 417. The van der Waals surface area contributed by atoms with Gasteiger partial charge in [0.25, 0.3) is 0 Å². The van der Waals surface area contributed by atoms with Crippen LogP contribution in [0.3, 0.4) is 0 Å². The normalized spacial score (nSPS) is 12.1. The standard InChI is InChI=1S/C14H18FN/c1-4-5-6-7-11-8-12(10(2)3)9-13(15)14(11)16/h4-10H,16H2,1-3H3/b5-4-,7-6-. The first-order chi connectivity index (χ1) is 7.56. The van der Waals surface area contributed by atoms with Gasteiger partial charge >= 0.3 is 0 Å². The number of hydrogen-bond donors (Lipinski definition) is 1. The predicted octanol–water partition coefficient (Wildman–Crippen LogP) is 4.12. The molecule has 0 saturated carbocycles. The van der Waals surface area contributed by atoms with Gasteiger partial charge in [-0.3, -0.25) is 0 Å². The van der Waals surface area contributed by atoms with E-state index in [4.69, 9.17) is 5.73 Å². The predicted molar refractivity (Wildman–Crippen MR) is 68.7 cm³/mol. The van der Waals surface area contributed by atoms with Crippen molar-refractivity contribution in [1.82, 2.24) is 0 Å². The Hall–Kier alpha value is -1.57. The number of nitrogens with two attached hydrogens (primary N) is 1. The Morgan fingerprint density at radius 3 is 2.50 bits per heavy atom. The van der Waals surface area contributed by atoms with Crippen LogP contribution in [0.25, 0.3) is 6.08 Å². The third-order valence-corrected chi connectivity index (χ3v) is 2.43. The van der Waals surface area contributed by atoms with E-state index in [1.165, 1.54) is 6.07 Å². The molecule has 1 aromatic carbocycles. The van der Waals surface area contributed by atoms with Crippen molar-refractivity contribution in [2.75, 3.05) is 5.73 Å². The van der Waals surface area contributed by atoms with Crippen LogP contribution in [0.15, 0.2) is 30.4 Å². The highest BCUT2D eigenvalue weighted by Crippen LogP contribution is 2.24. The number of nitrogen functional groups attached to an aromatic ring is 1. The smallest absolute Gasteiger partial charge is 0.146 e. The first-order valence-corrected chi connectivity index (χ1v) is 5.44. The van der Waals surface area contributed by atoms with Crippen molar-refractivity contribution < 1.29 is 4.39 Å². The molecular formula is C14H18FN. The van der Waals surface area contributed by atoms with Gasteiger partial charge < -0.3 is 5.73 Å². The molecular weight excluding hydrogens is 201 g/mol. The lowest BCUT2D eigenvalue weighted by Crippen LogP contribution is -1.98. The summed E-state index contributed by atoms with van der Waals surface area (Å²) in [6.45, 7) is 5.99. The fourth-order valence-corrected chi connectivity index (χ4v) is 1.40. The molecule has 0 aliphatic rings. The monoisotopic (exact) mass is 219 g/mol. The molecule has 2 N–H and O–H groups in total. The molecule has 0 aliphatic carbocycles. The topological polar surface area (TPSA) is 26.0 Å². The first kappa shape index (κ1) is 12.5. The van der Waals surface area contributed by atoms with E-state index in [9.17, 15) is 4.39 Å². The van der Waals surface area contributed by atoms with Gasteiger partial charge in [-0.1, -0.05) is 38.2 Å². The van der Waals surface area contributed by atoms with E-state index in [-0.39, 0.29) is 11.5 Å². The number of anilines is 1. The van der Waals surface area contributed by atoms with Gasteiger partial charge in [-0.15, -0.1) is 0 Å². The molecule has 0 radical (unpaired) electrons. The Morgan fingerprint density at radius 2 is 1.94 bits per heavy atom. The summed E-state index contributed by atoms with van der Waals surface area (Å²) in [5.74, 6) is -0.0460. The zero-order valence-electron chi connectivity index (χ0n) is 10.00. The van der Waals surface area contributed by atoms with E-state index in [1.807, 2.05) is 51.1 Å².